The normalized spacial score (nSPS) is 14.2. The molecule has 0 unspecified atom stereocenters. The van der Waals surface area contributed by atoms with Crippen LogP contribution >= 0.6 is 12.2 Å². The Labute approximate surface area is 144 Å². The summed E-state index contributed by atoms with van der Waals surface area (Å²) < 4.78 is 0. The van der Waals surface area contributed by atoms with E-state index in [9.17, 15) is 4.79 Å². The van der Waals surface area contributed by atoms with E-state index >= 15 is 0 Å². The molecule has 4 rings (SSSR count). The Morgan fingerprint density at radius 1 is 0.875 bits per heavy atom. The predicted molar refractivity (Wildman–Crippen MR) is 101 cm³/mol. The van der Waals surface area contributed by atoms with E-state index in [0.29, 0.717) is 16.4 Å². The third-order valence-corrected chi connectivity index (χ3v) is 4.11. The Bertz CT molecular complexity index is 991. The standard InChI is InChI=1S/C19H13N3OS/c23-18-15-11-5-7-12-6-4-10-14(16(12)15)17(18)21-22-19(24)20-13-8-2-1-3-9-13/h1-11H,(H2,20,22,24)/b21-17-. The quantitative estimate of drug-likeness (QED) is 0.555. The topological polar surface area (TPSA) is 53.5 Å². The summed E-state index contributed by atoms with van der Waals surface area (Å²) in [5.74, 6) is -0.0863. The van der Waals surface area contributed by atoms with Crippen molar-refractivity contribution in [1.29, 1.82) is 0 Å². The van der Waals surface area contributed by atoms with E-state index in [1.54, 1.807) is 0 Å². The highest BCUT2D eigenvalue weighted by Crippen LogP contribution is 2.30. The predicted octanol–water partition coefficient (Wildman–Crippen LogP) is 3.73. The largest absolute Gasteiger partial charge is 0.331 e. The number of hydrazone groups is 1. The van der Waals surface area contributed by atoms with Gasteiger partial charge in [0.1, 0.15) is 5.71 Å². The molecule has 0 amide bonds. The highest BCUT2D eigenvalue weighted by Gasteiger charge is 2.28. The van der Waals surface area contributed by atoms with Crippen LogP contribution in [0.5, 0.6) is 0 Å². The molecular weight excluding hydrogens is 318 g/mol. The number of carbonyl (C=O) groups is 1. The van der Waals surface area contributed by atoms with Crippen molar-refractivity contribution in [3.05, 3.63) is 77.9 Å². The van der Waals surface area contributed by atoms with E-state index in [-0.39, 0.29) is 5.78 Å². The lowest BCUT2D eigenvalue weighted by atomic mass is 10.1. The van der Waals surface area contributed by atoms with Gasteiger partial charge in [-0.05, 0) is 29.7 Å². The Hall–Kier alpha value is -3.05. The van der Waals surface area contributed by atoms with Gasteiger partial charge in [-0.15, -0.1) is 0 Å². The van der Waals surface area contributed by atoms with Gasteiger partial charge in [-0.3, -0.25) is 10.2 Å². The van der Waals surface area contributed by atoms with Crippen LogP contribution in [0, 0.1) is 0 Å². The molecule has 116 valence electrons. The number of para-hydroxylation sites is 1. The van der Waals surface area contributed by atoms with Crippen molar-refractivity contribution in [3.8, 4) is 0 Å². The van der Waals surface area contributed by atoms with E-state index in [4.69, 9.17) is 12.2 Å². The van der Waals surface area contributed by atoms with Gasteiger partial charge in [0.15, 0.2) is 5.11 Å². The minimum Gasteiger partial charge on any atom is -0.331 e. The number of nitrogens with zero attached hydrogens (tertiary/aromatic N) is 1. The first-order valence-corrected chi connectivity index (χ1v) is 7.91. The molecule has 24 heavy (non-hydrogen) atoms. The number of anilines is 1. The van der Waals surface area contributed by atoms with Crippen LogP contribution in [0.25, 0.3) is 10.8 Å². The maximum atomic E-state index is 12.6. The third-order valence-electron chi connectivity index (χ3n) is 3.92. The molecule has 3 aromatic carbocycles. The Morgan fingerprint density at radius 3 is 2.33 bits per heavy atom. The molecule has 0 saturated carbocycles. The minimum absolute atomic E-state index is 0.0863. The first-order valence-electron chi connectivity index (χ1n) is 7.50. The van der Waals surface area contributed by atoms with Crippen LogP contribution in [-0.2, 0) is 0 Å². The number of rotatable bonds is 2. The lowest BCUT2D eigenvalue weighted by Crippen LogP contribution is -2.26. The second kappa shape index (κ2) is 5.86. The van der Waals surface area contributed by atoms with E-state index < -0.39 is 0 Å². The smallest absolute Gasteiger partial charge is 0.214 e. The van der Waals surface area contributed by atoms with Crippen LogP contribution in [-0.4, -0.2) is 16.6 Å². The number of nitrogens with one attached hydrogen (secondary N) is 2. The maximum Gasteiger partial charge on any atom is 0.214 e. The van der Waals surface area contributed by atoms with Gasteiger partial charge in [0.05, 0.1) is 0 Å². The van der Waals surface area contributed by atoms with Gasteiger partial charge in [0.2, 0.25) is 5.78 Å². The van der Waals surface area contributed by atoms with Crippen molar-refractivity contribution in [2.75, 3.05) is 5.32 Å². The van der Waals surface area contributed by atoms with Crippen LogP contribution < -0.4 is 10.7 Å². The maximum absolute atomic E-state index is 12.6. The second-order valence-electron chi connectivity index (χ2n) is 5.43. The summed E-state index contributed by atoms with van der Waals surface area (Å²) in [6.45, 7) is 0. The van der Waals surface area contributed by atoms with E-state index in [1.807, 2.05) is 66.7 Å². The van der Waals surface area contributed by atoms with Gasteiger partial charge in [0, 0.05) is 22.2 Å². The molecule has 0 spiro atoms. The zero-order chi connectivity index (χ0) is 16.5. The van der Waals surface area contributed by atoms with Crippen molar-refractivity contribution in [2.24, 2.45) is 5.10 Å². The molecule has 3 aromatic rings. The van der Waals surface area contributed by atoms with Gasteiger partial charge in [-0.2, -0.15) is 5.10 Å². The van der Waals surface area contributed by atoms with Crippen LogP contribution in [0.2, 0.25) is 0 Å². The highest BCUT2D eigenvalue weighted by atomic mass is 32.1. The van der Waals surface area contributed by atoms with Crippen LogP contribution in [0.1, 0.15) is 15.9 Å². The van der Waals surface area contributed by atoms with Gasteiger partial charge in [-0.1, -0.05) is 54.6 Å². The van der Waals surface area contributed by atoms with Crippen molar-refractivity contribution < 1.29 is 4.79 Å². The van der Waals surface area contributed by atoms with Crippen LogP contribution in [0.4, 0.5) is 5.69 Å². The average Bonchev–Trinajstić information content (AvgIpc) is 2.88. The monoisotopic (exact) mass is 331 g/mol. The molecular formula is C19H13N3OS. The van der Waals surface area contributed by atoms with Crippen LogP contribution in [0.15, 0.2) is 71.8 Å². The minimum atomic E-state index is -0.0863. The number of ketones is 1. The van der Waals surface area contributed by atoms with Crippen molar-refractivity contribution in [3.63, 3.8) is 0 Å². The number of carbonyl (C=O) groups excluding carboxylic acids is 1. The second-order valence-corrected chi connectivity index (χ2v) is 5.84. The molecule has 0 atom stereocenters. The summed E-state index contributed by atoms with van der Waals surface area (Å²) in [6, 6.07) is 21.1. The molecule has 4 nitrogen and oxygen atoms in total. The molecule has 1 aliphatic rings. The third kappa shape index (κ3) is 2.45. The first kappa shape index (κ1) is 14.5. The number of Topliss-reactive ketones (excluding diaryl/α,β-unsaturated/α-hetero) is 1. The fourth-order valence-corrected chi connectivity index (χ4v) is 3.04. The van der Waals surface area contributed by atoms with Crippen LogP contribution in [0.3, 0.4) is 0 Å². The summed E-state index contributed by atoms with van der Waals surface area (Å²) in [6.07, 6.45) is 0. The zero-order valence-electron chi connectivity index (χ0n) is 12.6. The van der Waals surface area contributed by atoms with E-state index in [0.717, 1.165) is 22.0 Å². The molecule has 0 radical (unpaired) electrons. The summed E-state index contributed by atoms with van der Waals surface area (Å²) in [5.41, 5.74) is 5.54. The number of hydrogen-bond donors (Lipinski definition) is 2. The lowest BCUT2D eigenvalue weighted by Gasteiger charge is -2.07. The molecule has 0 bridgehead atoms. The Morgan fingerprint density at radius 2 is 1.58 bits per heavy atom. The van der Waals surface area contributed by atoms with Crippen molar-refractivity contribution >= 4 is 45.3 Å². The van der Waals surface area contributed by atoms with Crippen molar-refractivity contribution in [2.45, 2.75) is 0 Å². The van der Waals surface area contributed by atoms with Gasteiger partial charge >= 0.3 is 0 Å². The van der Waals surface area contributed by atoms with E-state index in [1.165, 1.54) is 0 Å². The summed E-state index contributed by atoms with van der Waals surface area (Å²) in [7, 11) is 0. The fraction of sp³-hybridized carbons (Fsp3) is 0. The molecule has 0 aromatic heterocycles. The number of benzene rings is 3. The molecule has 1 aliphatic carbocycles. The lowest BCUT2D eigenvalue weighted by molar-refractivity contribution is 0.106. The number of thiocarbonyl (C=S) groups is 1. The molecule has 0 fully saturated rings. The molecule has 5 heteroatoms. The van der Waals surface area contributed by atoms with Crippen molar-refractivity contribution in [1.82, 2.24) is 5.43 Å². The zero-order valence-corrected chi connectivity index (χ0v) is 13.4. The molecule has 0 aliphatic heterocycles. The first-order chi connectivity index (χ1) is 11.7. The number of hydrogen-bond acceptors (Lipinski definition) is 3. The van der Waals surface area contributed by atoms with Gasteiger partial charge in [0.25, 0.3) is 0 Å². The summed E-state index contributed by atoms with van der Waals surface area (Å²) in [5, 5.41) is 9.61. The SMILES string of the molecule is O=C1/C(=N\NC(=S)Nc2ccccc2)c2cccc3cccc1c23. The summed E-state index contributed by atoms with van der Waals surface area (Å²) >= 11 is 5.24. The molecule has 2 N–H and O–H groups in total. The van der Waals surface area contributed by atoms with E-state index in [2.05, 4.69) is 15.8 Å². The molecule has 0 heterocycles. The molecule has 0 saturated heterocycles. The summed E-state index contributed by atoms with van der Waals surface area (Å²) in [4.78, 5) is 12.6. The van der Waals surface area contributed by atoms with Gasteiger partial charge < -0.3 is 5.32 Å². The highest BCUT2D eigenvalue weighted by molar-refractivity contribution is 7.80. The fourth-order valence-electron chi connectivity index (χ4n) is 2.88. The Kier molecular flexibility index (Phi) is 3.55. The van der Waals surface area contributed by atoms with Gasteiger partial charge in [-0.25, -0.2) is 0 Å². The average molecular weight is 331 g/mol. The Balaban J connectivity index is 1.61.